The molecule has 1 rings (SSSR count). The van der Waals surface area contributed by atoms with E-state index in [4.69, 9.17) is 16.2 Å². The lowest BCUT2D eigenvalue weighted by atomic mass is 10.0. The van der Waals surface area contributed by atoms with Crippen LogP contribution in [0.5, 0.6) is 0 Å². The molecule has 40 heavy (non-hydrogen) atoms. The van der Waals surface area contributed by atoms with Crippen molar-refractivity contribution in [2.45, 2.75) is 78.1 Å². The summed E-state index contributed by atoms with van der Waals surface area (Å²) in [5, 5.41) is 8.07. The summed E-state index contributed by atoms with van der Waals surface area (Å²) in [6, 6.07) is 4.77. The van der Waals surface area contributed by atoms with Gasteiger partial charge in [-0.25, -0.2) is 9.59 Å². The zero-order valence-corrected chi connectivity index (χ0v) is 25.1. The number of hydrogen-bond donors (Lipinski definition) is 5. The first kappa shape index (κ1) is 34.6. The average molecular weight is 564 g/mol. The Balaban J connectivity index is 2.68. The van der Waals surface area contributed by atoms with Gasteiger partial charge in [-0.15, -0.1) is 0 Å². The first-order chi connectivity index (χ1) is 18.6. The van der Waals surface area contributed by atoms with Crippen molar-refractivity contribution < 1.29 is 23.9 Å². The van der Waals surface area contributed by atoms with Crippen LogP contribution < -0.4 is 27.4 Å². The molecule has 5 amide bonds. The van der Waals surface area contributed by atoms with E-state index in [2.05, 4.69) is 41.6 Å². The lowest BCUT2D eigenvalue weighted by molar-refractivity contribution is -0.128. The number of urea groups is 1. The highest BCUT2D eigenvalue weighted by Crippen LogP contribution is 2.14. The number of benzene rings is 1. The molecule has 0 unspecified atom stereocenters. The van der Waals surface area contributed by atoms with Gasteiger partial charge in [-0.2, -0.15) is 0 Å². The number of rotatable bonds is 15. The topological polar surface area (TPSA) is 172 Å². The van der Waals surface area contributed by atoms with Gasteiger partial charge in [0, 0.05) is 37.9 Å². The van der Waals surface area contributed by atoms with Crippen LogP contribution in [-0.2, 0) is 20.9 Å². The lowest BCUT2D eigenvalue weighted by Crippen LogP contribution is -2.51. The van der Waals surface area contributed by atoms with Crippen LogP contribution >= 0.6 is 0 Å². The molecule has 7 N–H and O–H groups in total. The molecule has 0 aliphatic heterocycles. The summed E-state index contributed by atoms with van der Waals surface area (Å²) in [5.74, 6) is -0.875. The highest BCUT2D eigenvalue weighted by atomic mass is 16.6. The standard InChI is InChI=1S/C28H49N7O5/c1-19(2)23(29)25(37)33-22(10-8-9-15-31-26(30)38)24(36)32-21-13-11-20(12-14-21)18-40-27(39)34(6)16-17-35(7)28(3,4)5/h11-14,19,22-23H,8-10,15-18,29H2,1-7H3,(H,32,36)(H,33,37)(H3,30,31,38)/t22-,23-/m0/s1. The zero-order valence-electron chi connectivity index (χ0n) is 25.1. The molecule has 0 saturated heterocycles. The van der Waals surface area contributed by atoms with Gasteiger partial charge < -0.3 is 37.1 Å². The fraction of sp³-hybridized carbons (Fsp3) is 0.643. The Hall–Kier alpha value is -3.38. The number of ether oxygens (including phenoxy) is 1. The van der Waals surface area contributed by atoms with Crippen molar-refractivity contribution in [3.63, 3.8) is 0 Å². The van der Waals surface area contributed by atoms with E-state index < -0.39 is 30.1 Å². The number of unbranched alkanes of at least 4 members (excludes halogenated alkanes) is 1. The summed E-state index contributed by atoms with van der Waals surface area (Å²) < 4.78 is 5.42. The first-order valence-electron chi connectivity index (χ1n) is 13.7. The van der Waals surface area contributed by atoms with Crippen molar-refractivity contribution in [2.75, 3.05) is 39.0 Å². The van der Waals surface area contributed by atoms with Gasteiger partial charge in [-0.1, -0.05) is 26.0 Å². The molecule has 0 spiro atoms. The third-order valence-electron chi connectivity index (χ3n) is 6.68. The number of primary amides is 1. The van der Waals surface area contributed by atoms with E-state index in [0.29, 0.717) is 38.0 Å². The van der Waals surface area contributed by atoms with Gasteiger partial charge in [0.05, 0.1) is 6.04 Å². The molecule has 0 heterocycles. The van der Waals surface area contributed by atoms with Gasteiger partial charge >= 0.3 is 12.1 Å². The van der Waals surface area contributed by atoms with Crippen LogP contribution in [0.15, 0.2) is 24.3 Å². The molecule has 0 saturated carbocycles. The van der Waals surface area contributed by atoms with E-state index in [1.807, 2.05) is 20.9 Å². The number of nitrogens with two attached hydrogens (primary N) is 2. The molecule has 1 aromatic carbocycles. The number of hydrogen-bond acceptors (Lipinski definition) is 7. The van der Waals surface area contributed by atoms with Crippen molar-refractivity contribution in [2.24, 2.45) is 17.4 Å². The normalized spacial score (nSPS) is 12.9. The van der Waals surface area contributed by atoms with E-state index in [9.17, 15) is 19.2 Å². The summed E-state index contributed by atoms with van der Waals surface area (Å²) >= 11 is 0. The van der Waals surface area contributed by atoms with Gasteiger partial charge in [0.2, 0.25) is 11.8 Å². The number of carbonyl (C=O) groups is 4. The minimum atomic E-state index is -0.806. The quantitative estimate of drug-likeness (QED) is 0.204. The number of nitrogens with one attached hydrogen (secondary N) is 3. The Bertz CT molecular complexity index is 963. The van der Waals surface area contributed by atoms with Crippen molar-refractivity contribution in [3.05, 3.63) is 29.8 Å². The molecule has 0 fully saturated rings. The average Bonchev–Trinajstić information content (AvgIpc) is 2.88. The Morgan fingerprint density at radius 2 is 1.60 bits per heavy atom. The summed E-state index contributed by atoms with van der Waals surface area (Å²) in [6.45, 7) is 11.7. The fourth-order valence-electron chi connectivity index (χ4n) is 3.42. The first-order valence-corrected chi connectivity index (χ1v) is 13.7. The van der Waals surface area contributed by atoms with Crippen LogP contribution in [0.2, 0.25) is 0 Å². The van der Waals surface area contributed by atoms with Gasteiger partial charge in [-0.3, -0.25) is 14.5 Å². The lowest BCUT2D eigenvalue weighted by Gasteiger charge is -2.33. The van der Waals surface area contributed by atoms with E-state index >= 15 is 0 Å². The maximum atomic E-state index is 13.0. The predicted molar refractivity (Wildman–Crippen MR) is 156 cm³/mol. The van der Waals surface area contributed by atoms with E-state index in [1.165, 1.54) is 0 Å². The molecular weight excluding hydrogens is 514 g/mol. The third-order valence-corrected chi connectivity index (χ3v) is 6.68. The highest BCUT2D eigenvalue weighted by molar-refractivity contribution is 5.97. The summed E-state index contributed by atoms with van der Waals surface area (Å²) in [6.07, 6.45) is 1.11. The van der Waals surface area contributed by atoms with Crippen molar-refractivity contribution in [1.82, 2.24) is 20.4 Å². The fourth-order valence-corrected chi connectivity index (χ4v) is 3.42. The second kappa shape index (κ2) is 16.7. The minimum Gasteiger partial charge on any atom is -0.445 e. The Kier molecular flexibility index (Phi) is 14.4. The molecule has 12 heteroatoms. The van der Waals surface area contributed by atoms with Crippen LogP contribution in [0.3, 0.4) is 0 Å². The summed E-state index contributed by atoms with van der Waals surface area (Å²) in [5.41, 5.74) is 12.3. The third kappa shape index (κ3) is 13.1. The number of carbonyl (C=O) groups excluding carboxylic acids is 4. The minimum absolute atomic E-state index is 0.0119. The maximum Gasteiger partial charge on any atom is 0.409 e. The van der Waals surface area contributed by atoms with Crippen LogP contribution in [0, 0.1) is 5.92 Å². The molecule has 1 aromatic rings. The Labute approximate surface area is 238 Å². The maximum absolute atomic E-state index is 13.0. The van der Waals surface area contributed by atoms with Gasteiger partial charge in [0.25, 0.3) is 0 Å². The largest absolute Gasteiger partial charge is 0.445 e. The molecule has 0 aromatic heterocycles. The van der Waals surface area contributed by atoms with Crippen molar-refractivity contribution >= 4 is 29.6 Å². The SMILES string of the molecule is CC(C)[C@H](N)C(=O)N[C@@H](CCCCNC(N)=O)C(=O)Nc1ccc(COC(=O)N(C)CCN(C)C(C)(C)C)cc1. The second-order valence-corrected chi connectivity index (χ2v) is 11.4. The summed E-state index contributed by atoms with van der Waals surface area (Å²) in [7, 11) is 3.72. The van der Waals surface area contributed by atoms with E-state index in [1.54, 1.807) is 36.2 Å². The van der Waals surface area contributed by atoms with Crippen LogP contribution in [-0.4, -0.2) is 85.1 Å². The summed E-state index contributed by atoms with van der Waals surface area (Å²) in [4.78, 5) is 52.5. The smallest absolute Gasteiger partial charge is 0.409 e. The molecule has 0 aliphatic carbocycles. The molecule has 226 valence electrons. The van der Waals surface area contributed by atoms with E-state index in [-0.39, 0.29) is 24.0 Å². The number of nitrogens with zero attached hydrogens (tertiary/aromatic N) is 2. The van der Waals surface area contributed by atoms with Crippen molar-refractivity contribution in [1.29, 1.82) is 0 Å². The number of likely N-dealkylation sites (N-methyl/N-ethyl adjacent to an activating group) is 2. The molecule has 2 atom stereocenters. The van der Waals surface area contributed by atoms with Crippen molar-refractivity contribution in [3.8, 4) is 0 Å². The highest BCUT2D eigenvalue weighted by Gasteiger charge is 2.25. The van der Waals surface area contributed by atoms with Crippen LogP contribution in [0.4, 0.5) is 15.3 Å². The van der Waals surface area contributed by atoms with Gasteiger partial charge in [0.15, 0.2) is 0 Å². The predicted octanol–water partition coefficient (Wildman–Crippen LogP) is 2.23. The molecule has 0 radical (unpaired) electrons. The molecule has 12 nitrogen and oxygen atoms in total. The van der Waals surface area contributed by atoms with Gasteiger partial charge in [0.1, 0.15) is 12.6 Å². The molecule has 0 aliphatic rings. The zero-order chi connectivity index (χ0) is 30.5. The Morgan fingerprint density at radius 1 is 0.975 bits per heavy atom. The monoisotopic (exact) mass is 563 g/mol. The second-order valence-electron chi connectivity index (χ2n) is 11.4. The molecule has 0 bridgehead atoms. The van der Waals surface area contributed by atoms with Gasteiger partial charge in [-0.05, 0) is 70.7 Å². The number of amides is 5. The molecular formula is C28H49N7O5. The van der Waals surface area contributed by atoms with Crippen LogP contribution in [0.1, 0.15) is 59.4 Å². The number of anilines is 1. The van der Waals surface area contributed by atoms with Crippen LogP contribution in [0.25, 0.3) is 0 Å². The van der Waals surface area contributed by atoms with E-state index in [0.717, 1.165) is 12.1 Å². The Morgan fingerprint density at radius 3 is 2.15 bits per heavy atom.